The third-order valence-electron chi connectivity index (χ3n) is 4.77. The van der Waals surface area contributed by atoms with Gasteiger partial charge in [0, 0.05) is 12.1 Å². The Balaban J connectivity index is 1.58. The highest BCUT2D eigenvalue weighted by Gasteiger charge is 2.11. The van der Waals surface area contributed by atoms with Crippen LogP contribution in [0.25, 0.3) is 0 Å². The molecule has 3 rings (SSSR count). The molecule has 0 aliphatic rings. The van der Waals surface area contributed by atoms with Crippen molar-refractivity contribution < 1.29 is 23.9 Å². The fraction of sp³-hybridized carbons (Fsp3) is 0.167. The summed E-state index contributed by atoms with van der Waals surface area (Å²) in [5.41, 5.74) is 4.97. The predicted molar refractivity (Wildman–Crippen MR) is 148 cm³/mol. The van der Waals surface area contributed by atoms with E-state index in [0.717, 1.165) is 23.8 Å². The summed E-state index contributed by atoms with van der Waals surface area (Å²) in [6, 6.07) is 15.3. The molecule has 0 aromatic heterocycles. The van der Waals surface area contributed by atoms with Crippen LogP contribution in [0.2, 0.25) is 0 Å². The SMILES string of the molecule is COc1ccc(CC(=O)N/N=C/c2cc(I)c(OCc3ccc([N+](=O)[O-])cc3)c(I)c2)cc1OC. The number of nitro benzene ring substituents is 1. The molecule has 0 atom stereocenters. The highest BCUT2D eigenvalue weighted by Crippen LogP contribution is 2.30. The largest absolute Gasteiger partial charge is 0.493 e. The smallest absolute Gasteiger partial charge is 0.269 e. The lowest BCUT2D eigenvalue weighted by Gasteiger charge is -2.11. The molecule has 182 valence electrons. The van der Waals surface area contributed by atoms with Gasteiger partial charge >= 0.3 is 0 Å². The fourth-order valence-electron chi connectivity index (χ4n) is 3.06. The Hall–Kier alpha value is -2.94. The van der Waals surface area contributed by atoms with Crippen molar-refractivity contribution >= 4 is 63.0 Å². The van der Waals surface area contributed by atoms with Crippen molar-refractivity contribution in [3.63, 3.8) is 0 Å². The number of non-ortho nitro benzene ring substituents is 1. The highest BCUT2D eigenvalue weighted by atomic mass is 127. The second-order valence-corrected chi connectivity index (χ2v) is 9.51. The number of hydrazone groups is 1. The molecule has 0 radical (unpaired) electrons. The molecule has 0 aliphatic carbocycles. The Morgan fingerprint density at radius 3 is 2.23 bits per heavy atom. The number of carbonyl (C=O) groups excluding carboxylic acids is 1. The zero-order valence-corrected chi connectivity index (χ0v) is 23.1. The molecule has 0 fully saturated rings. The normalized spacial score (nSPS) is 10.7. The number of nitrogens with zero attached hydrogens (tertiary/aromatic N) is 2. The number of rotatable bonds is 10. The van der Waals surface area contributed by atoms with E-state index < -0.39 is 4.92 Å². The molecule has 0 bridgehead atoms. The van der Waals surface area contributed by atoms with Gasteiger partial charge in [0.1, 0.15) is 12.4 Å². The van der Waals surface area contributed by atoms with Gasteiger partial charge in [-0.3, -0.25) is 14.9 Å². The lowest BCUT2D eigenvalue weighted by molar-refractivity contribution is -0.384. The summed E-state index contributed by atoms with van der Waals surface area (Å²) in [5.74, 6) is 1.60. The van der Waals surface area contributed by atoms with Crippen molar-refractivity contribution in [2.45, 2.75) is 13.0 Å². The number of ether oxygens (including phenoxy) is 3. The molecular formula is C24H21I2N3O6. The van der Waals surface area contributed by atoms with E-state index in [0.29, 0.717) is 17.2 Å². The van der Waals surface area contributed by atoms with E-state index in [1.165, 1.54) is 12.1 Å². The minimum Gasteiger partial charge on any atom is -0.493 e. The number of hydrogen-bond acceptors (Lipinski definition) is 7. The van der Waals surface area contributed by atoms with Crippen LogP contribution in [0.15, 0.2) is 59.7 Å². The Morgan fingerprint density at radius 1 is 1.00 bits per heavy atom. The number of benzene rings is 3. The van der Waals surface area contributed by atoms with Gasteiger partial charge in [0.15, 0.2) is 11.5 Å². The van der Waals surface area contributed by atoms with E-state index in [-0.39, 0.29) is 24.6 Å². The molecule has 1 amide bonds. The Kier molecular flexibility index (Phi) is 9.65. The van der Waals surface area contributed by atoms with E-state index in [1.807, 2.05) is 12.1 Å². The second-order valence-electron chi connectivity index (χ2n) is 7.19. The third-order valence-corrected chi connectivity index (χ3v) is 6.37. The van der Waals surface area contributed by atoms with E-state index >= 15 is 0 Å². The molecule has 0 spiro atoms. The van der Waals surface area contributed by atoms with Crippen molar-refractivity contribution in [2.75, 3.05) is 14.2 Å². The number of halogens is 2. The van der Waals surface area contributed by atoms with Crippen LogP contribution in [-0.2, 0) is 17.8 Å². The molecule has 3 aromatic rings. The van der Waals surface area contributed by atoms with Crippen molar-refractivity contribution in [3.8, 4) is 17.2 Å². The molecule has 0 unspecified atom stereocenters. The van der Waals surface area contributed by atoms with Crippen LogP contribution in [0.3, 0.4) is 0 Å². The van der Waals surface area contributed by atoms with Crippen molar-refractivity contribution in [2.24, 2.45) is 5.10 Å². The van der Waals surface area contributed by atoms with E-state index in [2.05, 4.69) is 55.7 Å². The van der Waals surface area contributed by atoms with Crippen molar-refractivity contribution in [1.82, 2.24) is 5.43 Å². The Morgan fingerprint density at radius 2 is 1.63 bits per heavy atom. The van der Waals surface area contributed by atoms with Gasteiger partial charge in [0.25, 0.3) is 5.69 Å². The van der Waals surface area contributed by atoms with Crippen LogP contribution in [0.5, 0.6) is 17.2 Å². The zero-order valence-electron chi connectivity index (χ0n) is 18.8. The molecule has 0 saturated carbocycles. The summed E-state index contributed by atoms with van der Waals surface area (Å²) in [6.07, 6.45) is 1.71. The molecule has 9 nitrogen and oxygen atoms in total. The van der Waals surface area contributed by atoms with Crippen LogP contribution in [-0.4, -0.2) is 31.3 Å². The topological polar surface area (TPSA) is 112 Å². The molecule has 0 saturated heterocycles. The van der Waals surface area contributed by atoms with Gasteiger partial charge in [-0.2, -0.15) is 5.10 Å². The lowest BCUT2D eigenvalue weighted by Crippen LogP contribution is -2.19. The summed E-state index contributed by atoms with van der Waals surface area (Å²) in [6.45, 7) is 0.281. The minimum absolute atomic E-state index is 0.0392. The number of hydrogen-bond donors (Lipinski definition) is 1. The van der Waals surface area contributed by atoms with Crippen LogP contribution in [0.1, 0.15) is 16.7 Å². The number of amides is 1. The van der Waals surface area contributed by atoms with Crippen LogP contribution in [0, 0.1) is 17.3 Å². The van der Waals surface area contributed by atoms with Gasteiger partial charge in [0.05, 0.1) is 38.9 Å². The predicted octanol–water partition coefficient (Wildman–Crippen LogP) is 5.09. The van der Waals surface area contributed by atoms with E-state index in [4.69, 9.17) is 14.2 Å². The maximum absolute atomic E-state index is 12.3. The maximum Gasteiger partial charge on any atom is 0.269 e. The minimum atomic E-state index is -0.435. The first-order valence-corrected chi connectivity index (χ1v) is 12.3. The number of carbonyl (C=O) groups is 1. The van der Waals surface area contributed by atoms with E-state index in [1.54, 1.807) is 50.8 Å². The Bertz CT molecular complexity index is 1230. The number of nitro groups is 1. The number of methoxy groups -OCH3 is 2. The molecule has 3 aromatic carbocycles. The summed E-state index contributed by atoms with van der Waals surface area (Å²) in [7, 11) is 3.10. The average molecular weight is 701 g/mol. The van der Waals surface area contributed by atoms with Crippen LogP contribution >= 0.6 is 45.2 Å². The fourth-order valence-corrected chi connectivity index (χ4v) is 5.18. The lowest BCUT2D eigenvalue weighted by atomic mass is 10.1. The summed E-state index contributed by atoms with van der Waals surface area (Å²) in [5, 5.41) is 14.8. The first-order chi connectivity index (χ1) is 16.8. The zero-order chi connectivity index (χ0) is 25.4. The van der Waals surface area contributed by atoms with E-state index in [9.17, 15) is 14.9 Å². The van der Waals surface area contributed by atoms with Gasteiger partial charge in [-0.1, -0.05) is 6.07 Å². The van der Waals surface area contributed by atoms with Gasteiger partial charge < -0.3 is 14.2 Å². The monoisotopic (exact) mass is 701 g/mol. The second kappa shape index (κ2) is 12.7. The quantitative estimate of drug-likeness (QED) is 0.137. The third kappa shape index (κ3) is 7.52. The number of nitrogens with one attached hydrogen (secondary N) is 1. The summed E-state index contributed by atoms with van der Waals surface area (Å²) < 4.78 is 18.1. The summed E-state index contributed by atoms with van der Waals surface area (Å²) >= 11 is 4.34. The van der Waals surface area contributed by atoms with Crippen LogP contribution < -0.4 is 19.6 Å². The van der Waals surface area contributed by atoms with Crippen molar-refractivity contribution in [3.05, 3.63) is 88.5 Å². The molecule has 0 heterocycles. The molecule has 1 N–H and O–H groups in total. The first kappa shape index (κ1) is 26.7. The first-order valence-electron chi connectivity index (χ1n) is 10.2. The van der Waals surface area contributed by atoms with Crippen molar-refractivity contribution in [1.29, 1.82) is 0 Å². The standard InChI is InChI=1S/C24H21I2N3O6/c1-33-21-8-5-16(11-22(21)34-2)12-23(30)28-27-13-17-9-19(25)24(20(26)10-17)35-14-15-3-6-18(7-4-15)29(31)32/h3-11,13H,12,14H2,1-2H3,(H,28,30)/b27-13+. The highest BCUT2D eigenvalue weighted by molar-refractivity contribution is 14.1. The molecule has 11 heteroatoms. The molecule has 0 aliphatic heterocycles. The molecule has 35 heavy (non-hydrogen) atoms. The van der Waals surface area contributed by atoms with Gasteiger partial charge in [-0.15, -0.1) is 0 Å². The van der Waals surface area contributed by atoms with Gasteiger partial charge in [-0.05, 0) is 98.3 Å². The molecular weight excluding hydrogens is 680 g/mol. The average Bonchev–Trinajstić information content (AvgIpc) is 2.83. The Labute approximate surface area is 229 Å². The van der Waals surface area contributed by atoms with Crippen LogP contribution in [0.4, 0.5) is 5.69 Å². The maximum atomic E-state index is 12.3. The summed E-state index contributed by atoms with van der Waals surface area (Å²) in [4.78, 5) is 22.6. The van der Waals surface area contributed by atoms with Gasteiger partial charge in [-0.25, -0.2) is 5.43 Å². The van der Waals surface area contributed by atoms with Gasteiger partial charge in [0.2, 0.25) is 5.91 Å².